The third-order valence-electron chi connectivity index (χ3n) is 3.17. The minimum Gasteiger partial charge on any atom is -0.510 e. The molecule has 1 aromatic rings. The first-order chi connectivity index (χ1) is 10.1. The van der Waals surface area contributed by atoms with Crippen molar-refractivity contribution in [3.63, 3.8) is 0 Å². The summed E-state index contributed by atoms with van der Waals surface area (Å²) in [5.41, 5.74) is 1.72. The van der Waals surface area contributed by atoms with E-state index < -0.39 is 0 Å². The van der Waals surface area contributed by atoms with Gasteiger partial charge in [-0.15, -0.1) is 5.11 Å². The third kappa shape index (κ3) is 4.13. The van der Waals surface area contributed by atoms with Crippen molar-refractivity contribution in [1.82, 2.24) is 0 Å². The Hall–Kier alpha value is -2.21. The summed E-state index contributed by atoms with van der Waals surface area (Å²) >= 11 is 0. The van der Waals surface area contributed by atoms with E-state index in [1.807, 2.05) is 24.3 Å². The summed E-state index contributed by atoms with van der Waals surface area (Å²) in [5.74, 6) is -0.445. The number of carbonyl (C=O) groups is 1. The number of morpholine rings is 1. The van der Waals surface area contributed by atoms with Crippen LogP contribution in [-0.4, -0.2) is 37.2 Å². The molecule has 0 unspecified atom stereocenters. The number of hydrogen-bond acceptors (Lipinski definition) is 6. The fourth-order valence-corrected chi connectivity index (χ4v) is 2.06. The van der Waals surface area contributed by atoms with Gasteiger partial charge in [0.1, 0.15) is 5.76 Å². The summed E-state index contributed by atoms with van der Waals surface area (Å²) in [6.07, 6.45) is 0. The molecule has 112 valence electrons. The van der Waals surface area contributed by atoms with Crippen LogP contribution < -0.4 is 4.90 Å². The highest BCUT2D eigenvalue weighted by Gasteiger charge is 2.11. The minimum atomic E-state index is -0.316. The van der Waals surface area contributed by atoms with E-state index in [2.05, 4.69) is 15.1 Å². The van der Waals surface area contributed by atoms with Crippen LogP contribution >= 0.6 is 0 Å². The number of hydrogen-bond donors (Lipinski definition) is 1. The lowest BCUT2D eigenvalue weighted by atomic mass is 10.2. The van der Waals surface area contributed by atoms with E-state index in [1.54, 1.807) is 0 Å². The van der Waals surface area contributed by atoms with Gasteiger partial charge in [0.2, 0.25) is 0 Å². The quantitative estimate of drug-likeness (QED) is 0.525. The molecule has 1 saturated heterocycles. The van der Waals surface area contributed by atoms with Gasteiger partial charge in [-0.3, -0.25) is 4.79 Å². The number of ether oxygens (including phenoxy) is 1. The van der Waals surface area contributed by atoms with Crippen molar-refractivity contribution in [2.45, 2.75) is 13.8 Å². The summed E-state index contributed by atoms with van der Waals surface area (Å²) in [6, 6.07) is 7.59. The van der Waals surface area contributed by atoms with Crippen molar-refractivity contribution in [2.24, 2.45) is 10.2 Å². The first-order valence-electron chi connectivity index (χ1n) is 6.83. The standard InChI is InChI=1S/C15H19N3O3/c1-11(19)15(12(2)20)17-16-13-3-5-14(6-4-13)18-7-9-21-10-8-18/h3-6,19H,7-10H2,1-2H3/b15-11-,17-16?. The largest absolute Gasteiger partial charge is 0.510 e. The molecule has 0 amide bonds. The molecule has 6 heteroatoms. The predicted molar refractivity (Wildman–Crippen MR) is 80.0 cm³/mol. The smallest absolute Gasteiger partial charge is 0.183 e. The number of ketones is 1. The van der Waals surface area contributed by atoms with Gasteiger partial charge in [0.25, 0.3) is 0 Å². The van der Waals surface area contributed by atoms with Gasteiger partial charge in [-0.2, -0.15) is 5.11 Å². The number of Topliss-reactive ketones (excluding diaryl/α,β-unsaturated/α-hetero) is 1. The monoisotopic (exact) mass is 289 g/mol. The zero-order valence-corrected chi connectivity index (χ0v) is 12.2. The maximum Gasteiger partial charge on any atom is 0.183 e. The number of allylic oxidation sites excluding steroid dienone is 2. The van der Waals surface area contributed by atoms with E-state index in [-0.39, 0.29) is 17.2 Å². The maximum absolute atomic E-state index is 11.3. The normalized spacial score (nSPS) is 17.0. The molecule has 0 radical (unpaired) electrons. The van der Waals surface area contributed by atoms with Crippen LogP contribution in [0.5, 0.6) is 0 Å². The van der Waals surface area contributed by atoms with Gasteiger partial charge in [0.15, 0.2) is 11.5 Å². The van der Waals surface area contributed by atoms with Gasteiger partial charge in [0, 0.05) is 25.7 Å². The van der Waals surface area contributed by atoms with E-state index in [9.17, 15) is 9.90 Å². The lowest BCUT2D eigenvalue weighted by molar-refractivity contribution is -0.113. The SMILES string of the molecule is CC(=O)/C(N=Nc1ccc(N2CCOCC2)cc1)=C(\C)O. The summed E-state index contributed by atoms with van der Waals surface area (Å²) in [7, 11) is 0. The number of aliphatic hydroxyl groups excluding tert-OH is 1. The van der Waals surface area contributed by atoms with E-state index in [0.717, 1.165) is 32.0 Å². The number of rotatable bonds is 4. The Labute approximate surface area is 123 Å². The van der Waals surface area contributed by atoms with Crippen molar-refractivity contribution >= 4 is 17.2 Å². The first-order valence-corrected chi connectivity index (χ1v) is 6.83. The van der Waals surface area contributed by atoms with Crippen LogP contribution in [-0.2, 0) is 9.53 Å². The molecular formula is C15H19N3O3. The molecule has 0 saturated carbocycles. The number of nitrogens with zero attached hydrogens (tertiary/aromatic N) is 3. The van der Waals surface area contributed by atoms with Gasteiger partial charge >= 0.3 is 0 Å². The summed E-state index contributed by atoms with van der Waals surface area (Å²) < 4.78 is 5.32. The average molecular weight is 289 g/mol. The Bertz CT molecular complexity index is 554. The van der Waals surface area contributed by atoms with Crippen LogP contribution in [0.1, 0.15) is 13.8 Å². The van der Waals surface area contributed by atoms with E-state index >= 15 is 0 Å². The van der Waals surface area contributed by atoms with Crippen LogP contribution in [0.3, 0.4) is 0 Å². The van der Waals surface area contributed by atoms with Crippen LogP contribution in [0.2, 0.25) is 0 Å². The van der Waals surface area contributed by atoms with Crippen LogP contribution in [0.15, 0.2) is 46.0 Å². The molecule has 0 atom stereocenters. The molecule has 1 N–H and O–H groups in total. The molecule has 6 nitrogen and oxygen atoms in total. The van der Waals surface area contributed by atoms with Crippen molar-refractivity contribution in [2.75, 3.05) is 31.2 Å². The molecule has 1 aliphatic heterocycles. The molecule has 0 spiro atoms. The Morgan fingerprint density at radius 1 is 1.19 bits per heavy atom. The van der Waals surface area contributed by atoms with E-state index in [1.165, 1.54) is 13.8 Å². The van der Waals surface area contributed by atoms with Crippen LogP contribution in [0.25, 0.3) is 0 Å². The topological polar surface area (TPSA) is 74.5 Å². The molecule has 0 bridgehead atoms. The Kier molecular flexibility index (Phi) is 5.05. The number of benzene rings is 1. The highest BCUT2D eigenvalue weighted by molar-refractivity contribution is 5.93. The zero-order chi connectivity index (χ0) is 15.2. The fourth-order valence-electron chi connectivity index (χ4n) is 2.06. The van der Waals surface area contributed by atoms with Crippen LogP contribution in [0.4, 0.5) is 11.4 Å². The molecule has 1 aliphatic rings. The Morgan fingerprint density at radius 3 is 2.33 bits per heavy atom. The number of carbonyl (C=O) groups excluding carboxylic acids is 1. The van der Waals surface area contributed by atoms with Crippen molar-refractivity contribution in [3.8, 4) is 0 Å². The molecule has 0 aliphatic carbocycles. The molecule has 1 fully saturated rings. The van der Waals surface area contributed by atoms with Gasteiger partial charge in [-0.1, -0.05) is 0 Å². The summed E-state index contributed by atoms with van der Waals surface area (Å²) in [5, 5.41) is 17.1. The Balaban J connectivity index is 2.08. The van der Waals surface area contributed by atoms with E-state index in [4.69, 9.17) is 4.74 Å². The summed E-state index contributed by atoms with van der Waals surface area (Å²) in [4.78, 5) is 13.5. The lowest BCUT2D eigenvalue weighted by Crippen LogP contribution is -2.36. The predicted octanol–water partition coefficient (Wildman–Crippen LogP) is 2.99. The average Bonchev–Trinajstić information content (AvgIpc) is 2.48. The van der Waals surface area contributed by atoms with E-state index in [0.29, 0.717) is 5.69 Å². The number of anilines is 1. The Morgan fingerprint density at radius 2 is 1.81 bits per heavy atom. The third-order valence-corrected chi connectivity index (χ3v) is 3.17. The molecule has 0 aromatic heterocycles. The second-order valence-corrected chi connectivity index (χ2v) is 4.81. The zero-order valence-electron chi connectivity index (χ0n) is 12.2. The van der Waals surface area contributed by atoms with Crippen molar-refractivity contribution < 1.29 is 14.6 Å². The lowest BCUT2D eigenvalue weighted by Gasteiger charge is -2.28. The van der Waals surface area contributed by atoms with Gasteiger partial charge in [0.05, 0.1) is 18.9 Å². The van der Waals surface area contributed by atoms with Gasteiger partial charge in [-0.25, -0.2) is 0 Å². The second-order valence-electron chi connectivity index (χ2n) is 4.81. The minimum absolute atomic E-state index is 0.0211. The summed E-state index contributed by atoms with van der Waals surface area (Å²) in [6.45, 7) is 5.99. The highest BCUT2D eigenvalue weighted by Crippen LogP contribution is 2.21. The number of azo groups is 1. The molecule has 21 heavy (non-hydrogen) atoms. The van der Waals surface area contributed by atoms with Crippen molar-refractivity contribution in [1.29, 1.82) is 0 Å². The van der Waals surface area contributed by atoms with Crippen LogP contribution in [0, 0.1) is 0 Å². The molecule has 1 heterocycles. The van der Waals surface area contributed by atoms with Gasteiger partial charge in [-0.05, 0) is 31.2 Å². The fraction of sp³-hybridized carbons (Fsp3) is 0.400. The maximum atomic E-state index is 11.3. The molecule has 1 aromatic carbocycles. The second kappa shape index (κ2) is 6.99. The molecular weight excluding hydrogens is 270 g/mol. The number of aliphatic hydroxyl groups is 1. The van der Waals surface area contributed by atoms with Crippen molar-refractivity contribution in [3.05, 3.63) is 35.7 Å². The van der Waals surface area contributed by atoms with Gasteiger partial charge < -0.3 is 14.7 Å². The molecule has 2 rings (SSSR count). The highest BCUT2D eigenvalue weighted by atomic mass is 16.5. The first kappa shape index (κ1) is 15.2.